The summed E-state index contributed by atoms with van der Waals surface area (Å²) in [6, 6.07) is 12.0. The first-order valence-corrected chi connectivity index (χ1v) is 8.26. The van der Waals surface area contributed by atoms with Crippen molar-refractivity contribution in [1.29, 1.82) is 0 Å². The van der Waals surface area contributed by atoms with E-state index < -0.39 is 0 Å². The number of halogens is 1. The first kappa shape index (κ1) is 16.0. The number of nitrogens with two attached hydrogens (primary N) is 1. The van der Waals surface area contributed by atoms with E-state index >= 15 is 0 Å². The molecule has 0 saturated heterocycles. The van der Waals surface area contributed by atoms with E-state index in [4.69, 9.17) is 15.5 Å². The molecule has 0 aliphatic rings. The van der Waals surface area contributed by atoms with Crippen molar-refractivity contribution in [1.82, 2.24) is 9.38 Å². The molecule has 2 aromatic heterocycles. The number of pyridine rings is 1. The Labute approximate surface area is 144 Å². The second-order valence-corrected chi connectivity index (χ2v) is 7.29. The number of hydrogen-bond donors (Lipinski definition) is 1. The summed E-state index contributed by atoms with van der Waals surface area (Å²) in [7, 11) is 1.67. The normalized spacial score (nSPS) is 11.9. The maximum absolute atomic E-state index is 6.28. The van der Waals surface area contributed by atoms with Gasteiger partial charge in [-0.05, 0) is 66.2 Å². The van der Waals surface area contributed by atoms with Gasteiger partial charge in [-0.2, -0.15) is 0 Å². The maximum Gasteiger partial charge on any atom is 0.137 e. The van der Waals surface area contributed by atoms with Gasteiger partial charge >= 0.3 is 0 Å². The third kappa shape index (κ3) is 3.41. The number of aromatic nitrogens is 2. The number of fused-ring (bicyclic) bond motifs is 1. The Morgan fingerprint density at radius 3 is 2.48 bits per heavy atom. The highest BCUT2D eigenvalue weighted by Crippen LogP contribution is 2.29. The van der Waals surface area contributed by atoms with Gasteiger partial charge in [0, 0.05) is 28.2 Å². The van der Waals surface area contributed by atoms with Crippen molar-refractivity contribution in [3.8, 4) is 17.0 Å². The highest BCUT2D eigenvalue weighted by molar-refractivity contribution is 9.10. The van der Waals surface area contributed by atoms with Crippen LogP contribution in [0.15, 0.2) is 47.1 Å². The van der Waals surface area contributed by atoms with Gasteiger partial charge in [0.25, 0.3) is 0 Å². The lowest BCUT2D eigenvalue weighted by Crippen LogP contribution is -2.35. The van der Waals surface area contributed by atoms with Crippen LogP contribution in [0.2, 0.25) is 0 Å². The highest BCUT2D eigenvalue weighted by atomic mass is 79.9. The minimum absolute atomic E-state index is 0.320. The molecule has 3 aromatic rings. The number of rotatable bonds is 4. The molecule has 0 aliphatic heterocycles. The molecule has 0 unspecified atom stereocenters. The van der Waals surface area contributed by atoms with E-state index in [0.29, 0.717) is 0 Å². The van der Waals surface area contributed by atoms with Crippen molar-refractivity contribution in [2.75, 3.05) is 7.11 Å². The van der Waals surface area contributed by atoms with E-state index in [1.54, 1.807) is 7.11 Å². The molecule has 0 amide bonds. The Balaban J connectivity index is 2.19. The Bertz CT molecular complexity index is 832. The first-order chi connectivity index (χ1) is 10.9. The molecular weight excluding hydrogens is 354 g/mol. The lowest BCUT2D eigenvalue weighted by atomic mass is 9.97. The van der Waals surface area contributed by atoms with E-state index in [0.717, 1.165) is 39.2 Å². The van der Waals surface area contributed by atoms with Gasteiger partial charge in [0.05, 0.1) is 18.5 Å². The molecule has 0 saturated carbocycles. The van der Waals surface area contributed by atoms with Crippen LogP contribution >= 0.6 is 15.9 Å². The topological polar surface area (TPSA) is 52.5 Å². The molecular formula is C18H20BrN3O. The van der Waals surface area contributed by atoms with Crippen LogP contribution in [0.3, 0.4) is 0 Å². The molecule has 0 spiro atoms. The smallest absolute Gasteiger partial charge is 0.137 e. The van der Waals surface area contributed by atoms with Gasteiger partial charge in [-0.15, -0.1) is 0 Å². The highest BCUT2D eigenvalue weighted by Gasteiger charge is 2.20. The number of methoxy groups -OCH3 is 1. The largest absolute Gasteiger partial charge is 0.497 e. The van der Waals surface area contributed by atoms with E-state index in [1.165, 1.54) is 0 Å². The van der Waals surface area contributed by atoms with Crippen molar-refractivity contribution < 1.29 is 4.74 Å². The Kier molecular flexibility index (Phi) is 4.17. The third-order valence-corrected chi connectivity index (χ3v) is 4.14. The number of ether oxygens (including phenoxy) is 1. The predicted octanol–water partition coefficient (Wildman–Crippen LogP) is 4.05. The fourth-order valence-corrected chi connectivity index (χ4v) is 2.98. The number of imidazole rings is 1. The SMILES string of the molecule is COc1ccc(-c2nc3ccc(Br)cn3c2CC(C)(C)N)cc1. The minimum Gasteiger partial charge on any atom is -0.497 e. The molecule has 2 heterocycles. The van der Waals surface area contributed by atoms with Crippen LogP contribution in [-0.2, 0) is 6.42 Å². The Hall–Kier alpha value is -1.85. The summed E-state index contributed by atoms with van der Waals surface area (Å²) in [6.45, 7) is 4.06. The molecule has 23 heavy (non-hydrogen) atoms. The zero-order valence-corrected chi connectivity index (χ0v) is 15.1. The standard InChI is InChI=1S/C18H20BrN3O/c1-18(2,20)10-15-17(12-4-7-14(23-3)8-5-12)21-16-9-6-13(19)11-22(15)16/h4-9,11H,10,20H2,1-3H3. The molecule has 2 N–H and O–H groups in total. The second kappa shape index (κ2) is 5.98. The van der Waals surface area contributed by atoms with Crippen LogP contribution in [0.1, 0.15) is 19.5 Å². The van der Waals surface area contributed by atoms with Gasteiger partial charge in [-0.3, -0.25) is 0 Å². The lowest BCUT2D eigenvalue weighted by Gasteiger charge is -2.19. The average Bonchev–Trinajstić information content (AvgIpc) is 2.84. The maximum atomic E-state index is 6.28. The van der Waals surface area contributed by atoms with Crippen molar-refractivity contribution in [2.45, 2.75) is 25.8 Å². The quantitative estimate of drug-likeness (QED) is 0.750. The summed E-state index contributed by atoms with van der Waals surface area (Å²) >= 11 is 3.53. The molecule has 4 nitrogen and oxygen atoms in total. The molecule has 5 heteroatoms. The van der Waals surface area contributed by atoms with Gasteiger partial charge in [-0.25, -0.2) is 4.98 Å². The molecule has 0 fully saturated rings. The van der Waals surface area contributed by atoms with Gasteiger partial charge in [0.2, 0.25) is 0 Å². The Morgan fingerprint density at radius 2 is 1.87 bits per heavy atom. The lowest BCUT2D eigenvalue weighted by molar-refractivity contribution is 0.415. The Morgan fingerprint density at radius 1 is 1.17 bits per heavy atom. The summed E-state index contributed by atoms with van der Waals surface area (Å²) in [6.07, 6.45) is 2.77. The molecule has 1 aromatic carbocycles. The van der Waals surface area contributed by atoms with Crippen molar-refractivity contribution in [3.63, 3.8) is 0 Å². The number of nitrogens with zero attached hydrogens (tertiary/aromatic N) is 2. The van der Waals surface area contributed by atoms with Gasteiger partial charge < -0.3 is 14.9 Å². The summed E-state index contributed by atoms with van der Waals surface area (Å²) in [5.41, 5.74) is 10.0. The van der Waals surface area contributed by atoms with Gasteiger partial charge in [-0.1, -0.05) is 0 Å². The van der Waals surface area contributed by atoms with E-state index in [-0.39, 0.29) is 5.54 Å². The molecule has 3 rings (SSSR count). The van der Waals surface area contributed by atoms with E-state index in [1.807, 2.05) is 56.4 Å². The minimum atomic E-state index is -0.320. The monoisotopic (exact) mass is 373 g/mol. The summed E-state index contributed by atoms with van der Waals surface area (Å²) in [5, 5.41) is 0. The first-order valence-electron chi connectivity index (χ1n) is 7.47. The average molecular weight is 374 g/mol. The number of hydrogen-bond acceptors (Lipinski definition) is 3. The molecule has 120 valence electrons. The van der Waals surface area contributed by atoms with Crippen molar-refractivity contribution in [2.24, 2.45) is 5.73 Å². The molecule has 0 bridgehead atoms. The third-order valence-electron chi connectivity index (χ3n) is 3.67. The molecule has 0 radical (unpaired) electrons. The van der Waals surface area contributed by atoms with Crippen LogP contribution in [-0.4, -0.2) is 22.0 Å². The van der Waals surface area contributed by atoms with Crippen LogP contribution in [0.25, 0.3) is 16.9 Å². The van der Waals surface area contributed by atoms with Gasteiger partial charge in [0.15, 0.2) is 0 Å². The second-order valence-electron chi connectivity index (χ2n) is 6.38. The number of benzene rings is 1. The van der Waals surface area contributed by atoms with Crippen LogP contribution in [0, 0.1) is 0 Å². The van der Waals surface area contributed by atoms with Gasteiger partial charge in [0.1, 0.15) is 11.4 Å². The van der Waals surface area contributed by atoms with Crippen molar-refractivity contribution in [3.05, 3.63) is 52.8 Å². The zero-order valence-electron chi connectivity index (χ0n) is 13.5. The zero-order chi connectivity index (χ0) is 16.6. The fraction of sp³-hybridized carbons (Fsp3) is 0.278. The summed E-state index contributed by atoms with van der Waals surface area (Å²) in [5.74, 6) is 0.834. The van der Waals surface area contributed by atoms with Crippen molar-refractivity contribution >= 4 is 21.6 Å². The van der Waals surface area contributed by atoms with Crippen LogP contribution in [0.4, 0.5) is 0 Å². The van der Waals surface area contributed by atoms with Crippen LogP contribution in [0.5, 0.6) is 5.75 Å². The molecule has 0 atom stereocenters. The van der Waals surface area contributed by atoms with E-state index in [9.17, 15) is 0 Å². The summed E-state index contributed by atoms with van der Waals surface area (Å²) in [4.78, 5) is 4.81. The van der Waals surface area contributed by atoms with E-state index in [2.05, 4.69) is 20.3 Å². The summed E-state index contributed by atoms with van der Waals surface area (Å²) < 4.78 is 8.36. The van der Waals surface area contributed by atoms with Crippen LogP contribution < -0.4 is 10.5 Å². The fourth-order valence-electron chi connectivity index (χ4n) is 2.65. The molecule has 0 aliphatic carbocycles. The predicted molar refractivity (Wildman–Crippen MR) is 96.9 cm³/mol.